The van der Waals surface area contributed by atoms with Gasteiger partial charge in [0.15, 0.2) is 0 Å². The number of carbonyl (C=O) groups excluding carboxylic acids is 1. The number of nitrogens with one attached hydrogen (secondary N) is 2. The van der Waals surface area contributed by atoms with Crippen molar-refractivity contribution in [1.29, 1.82) is 0 Å². The Labute approximate surface area is 161 Å². The molecule has 2 N–H and O–H groups in total. The van der Waals surface area contributed by atoms with Gasteiger partial charge in [-0.1, -0.05) is 12.1 Å². The molecule has 144 valence electrons. The highest BCUT2D eigenvalue weighted by molar-refractivity contribution is 7.15. The van der Waals surface area contributed by atoms with Crippen LogP contribution >= 0.6 is 11.3 Å². The minimum atomic E-state index is -4.53. The second-order valence-corrected chi connectivity index (χ2v) is 7.30. The van der Waals surface area contributed by atoms with Gasteiger partial charge in [0.05, 0.1) is 9.88 Å². The summed E-state index contributed by atoms with van der Waals surface area (Å²) < 4.78 is 38.4. The van der Waals surface area contributed by atoms with Gasteiger partial charge < -0.3 is 10.6 Å². The van der Waals surface area contributed by atoms with Crippen molar-refractivity contribution in [3.63, 3.8) is 0 Å². The standard InChI is InChI=1S/C18H14F3N5OS/c19-18(20,21)14-4-5-22-17(26-14)25-12-3-1-2-10(6-12)13-9-24-16(28-13)11-7-15(27)23-8-11/h1-6,9,11H,7-8H2,(H,23,27)(H,22,25,26). The predicted octanol–water partition coefficient (Wildman–Crippen LogP) is 3.97. The molecule has 3 heterocycles. The predicted molar refractivity (Wildman–Crippen MR) is 98.2 cm³/mol. The van der Waals surface area contributed by atoms with Gasteiger partial charge in [-0.2, -0.15) is 13.2 Å². The number of thiazole rings is 1. The van der Waals surface area contributed by atoms with E-state index in [-0.39, 0.29) is 17.8 Å². The Bertz CT molecular complexity index is 1020. The van der Waals surface area contributed by atoms with E-state index in [1.807, 2.05) is 6.07 Å². The van der Waals surface area contributed by atoms with Gasteiger partial charge >= 0.3 is 6.18 Å². The zero-order valence-corrected chi connectivity index (χ0v) is 15.1. The summed E-state index contributed by atoms with van der Waals surface area (Å²) in [4.78, 5) is 24.1. The molecular formula is C18H14F3N5OS. The highest BCUT2D eigenvalue weighted by Gasteiger charge is 2.32. The minimum Gasteiger partial charge on any atom is -0.355 e. The molecule has 3 aromatic rings. The first-order chi connectivity index (χ1) is 13.4. The maximum Gasteiger partial charge on any atom is 0.433 e. The van der Waals surface area contributed by atoms with Gasteiger partial charge in [-0.05, 0) is 23.8 Å². The summed E-state index contributed by atoms with van der Waals surface area (Å²) in [7, 11) is 0. The van der Waals surface area contributed by atoms with E-state index >= 15 is 0 Å². The molecule has 0 saturated carbocycles. The first-order valence-electron chi connectivity index (χ1n) is 8.38. The van der Waals surface area contributed by atoms with Crippen LogP contribution in [0.1, 0.15) is 23.0 Å². The fraction of sp³-hybridized carbons (Fsp3) is 0.222. The highest BCUT2D eigenvalue weighted by Crippen LogP contribution is 2.34. The number of benzene rings is 1. The highest BCUT2D eigenvalue weighted by atomic mass is 32.1. The number of aromatic nitrogens is 3. The first-order valence-corrected chi connectivity index (χ1v) is 9.20. The fourth-order valence-electron chi connectivity index (χ4n) is 2.85. The Kier molecular flexibility index (Phi) is 4.71. The first kappa shape index (κ1) is 18.4. The molecule has 1 saturated heterocycles. The van der Waals surface area contributed by atoms with Crippen molar-refractivity contribution >= 4 is 28.9 Å². The zero-order valence-electron chi connectivity index (χ0n) is 14.3. The molecule has 6 nitrogen and oxygen atoms in total. The van der Waals surface area contributed by atoms with Gasteiger partial charge in [0, 0.05) is 37.0 Å². The molecule has 0 aliphatic carbocycles. The lowest BCUT2D eigenvalue weighted by atomic mass is 10.1. The normalized spacial score (nSPS) is 16.8. The van der Waals surface area contributed by atoms with Crippen molar-refractivity contribution in [3.05, 3.63) is 53.4 Å². The quantitative estimate of drug-likeness (QED) is 0.687. The molecule has 1 aliphatic heterocycles. The van der Waals surface area contributed by atoms with Gasteiger partial charge in [-0.15, -0.1) is 11.3 Å². The van der Waals surface area contributed by atoms with Crippen LogP contribution in [0.3, 0.4) is 0 Å². The van der Waals surface area contributed by atoms with Gasteiger partial charge in [-0.25, -0.2) is 15.0 Å². The molecule has 28 heavy (non-hydrogen) atoms. The lowest BCUT2D eigenvalue weighted by Gasteiger charge is -2.09. The van der Waals surface area contributed by atoms with E-state index in [0.29, 0.717) is 18.7 Å². The van der Waals surface area contributed by atoms with Crippen LogP contribution in [0.4, 0.5) is 24.8 Å². The largest absolute Gasteiger partial charge is 0.433 e. The summed E-state index contributed by atoms with van der Waals surface area (Å²) in [6, 6.07) is 8.00. The van der Waals surface area contributed by atoms with Crippen molar-refractivity contribution < 1.29 is 18.0 Å². The number of carbonyl (C=O) groups is 1. The number of amides is 1. The Morgan fingerprint density at radius 3 is 2.82 bits per heavy atom. The smallest absolute Gasteiger partial charge is 0.355 e. The number of nitrogens with zero attached hydrogens (tertiary/aromatic N) is 3. The molecule has 0 radical (unpaired) electrons. The fourth-order valence-corrected chi connectivity index (χ4v) is 3.86. The summed E-state index contributed by atoms with van der Waals surface area (Å²) >= 11 is 1.49. The summed E-state index contributed by atoms with van der Waals surface area (Å²) in [6.45, 7) is 0.584. The van der Waals surface area contributed by atoms with Gasteiger partial charge in [0.25, 0.3) is 0 Å². The minimum absolute atomic E-state index is 0.0223. The van der Waals surface area contributed by atoms with Crippen LogP contribution in [0.15, 0.2) is 42.7 Å². The third-order valence-corrected chi connectivity index (χ3v) is 5.41. The number of hydrogen-bond acceptors (Lipinski definition) is 6. The van der Waals surface area contributed by atoms with Crippen molar-refractivity contribution in [3.8, 4) is 10.4 Å². The molecule has 1 amide bonds. The van der Waals surface area contributed by atoms with Crippen molar-refractivity contribution in [2.45, 2.75) is 18.5 Å². The third-order valence-electron chi connectivity index (χ3n) is 4.20. The molecule has 2 aromatic heterocycles. The van der Waals surface area contributed by atoms with Crippen LogP contribution < -0.4 is 10.6 Å². The number of alkyl halides is 3. The molecule has 4 rings (SSSR count). The second kappa shape index (κ2) is 7.19. The summed E-state index contributed by atoms with van der Waals surface area (Å²) in [5.41, 5.74) is 0.412. The van der Waals surface area contributed by atoms with Gasteiger partial charge in [0.2, 0.25) is 11.9 Å². The lowest BCUT2D eigenvalue weighted by molar-refractivity contribution is -0.141. The summed E-state index contributed by atoms with van der Waals surface area (Å²) in [5, 5.41) is 6.48. The molecule has 1 aromatic carbocycles. The molecule has 1 aliphatic rings. The number of rotatable bonds is 4. The Morgan fingerprint density at radius 1 is 1.21 bits per heavy atom. The monoisotopic (exact) mass is 405 g/mol. The Balaban J connectivity index is 1.54. The van der Waals surface area contributed by atoms with E-state index < -0.39 is 11.9 Å². The molecule has 0 spiro atoms. The summed E-state index contributed by atoms with van der Waals surface area (Å²) in [5.74, 6) is -0.0346. The average Bonchev–Trinajstić information content (AvgIpc) is 3.30. The molecule has 1 fully saturated rings. The van der Waals surface area contributed by atoms with E-state index in [1.54, 1.807) is 24.4 Å². The molecular weight excluding hydrogens is 391 g/mol. The molecule has 1 unspecified atom stereocenters. The van der Waals surface area contributed by atoms with Gasteiger partial charge in [-0.3, -0.25) is 4.79 Å². The van der Waals surface area contributed by atoms with E-state index in [0.717, 1.165) is 27.7 Å². The van der Waals surface area contributed by atoms with E-state index in [2.05, 4.69) is 25.6 Å². The average molecular weight is 405 g/mol. The molecule has 10 heteroatoms. The van der Waals surface area contributed by atoms with E-state index in [1.165, 1.54) is 11.3 Å². The summed E-state index contributed by atoms with van der Waals surface area (Å²) in [6.07, 6.45) is -1.30. The molecule has 0 bridgehead atoms. The second-order valence-electron chi connectivity index (χ2n) is 6.24. The van der Waals surface area contributed by atoms with Crippen molar-refractivity contribution in [2.24, 2.45) is 0 Å². The number of halogens is 3. The SMILES string of the molecule is O=C1CC(c2ncc(-c3cccc(Nc4nccc(C(F)(F)F)n4)c3)s2)CN1. The molecule has 1 atom stereocenters. The van der Waals surface area contributed by atoms with E-state index in [4.69, 9.17) is 0 Å². The van der Waals surface area contributed by atoms with Crippen LogP contribution in [-0.4, -0.2) is 27.4 Å². The van der Waals surface area contributed by atoms with Crippen LogP contribution in [0, 0.1) is 0 Å². The van der Waals surface area contributed by atoms with Crippen LogP contribution in [-0.2, 0) is 11.0 Å². The third kappa shape index (κ3) is 3.96. The van der Waals surface area contributed by atoms with Crippen LogP contribution in [0.2, 0.25) is 0 Å². The van der Waals surface area contributed by atoms with E-state index in [9.17, 15) is 18.0 Å². The van der Waals surface area contributed by atoms with Crippen LogP contribution in [0.25, 0.3) is 10.4 Å². The Hall–Kier alpha value is -3.01. The van der Waals surface area contributed by atoms with Gasteiger partial charge in [0.1, 0.15) is 5.69 Å². The lowest BCUT2D eigenvalue weighted by Crippen LogP contribution is -2.13. The number of anilines is 2. The maximum absolute atomic E-state index is 12.8. The van der Waals surface area contributed by atoms with Crippen LogP contribution in [0.5, 0.6) is 0 Å². The Morgan fingerprint density at radius 2 is 2.07 bits per heavy atom. The van der Waals surface area contributed by atoms with Crippen molar-refractivity contribution in [2.75, 3.05) is 11.9 Å². The number of hydrogen-bond donors (Lipinski definition) is 2. The topological polar surface area (TPSA) is 79.8 Å². The maximum atomic E-state index is 12.8. The van der Waals surface area contributed by atoms with Crippen molar-refractivity contribution in [1.82, 2.24) is 20.3 Å². The zero-order chi connectivity index (χ0) is 19.7.